The monoisotopic (exact) mass is 492 g/mol. The summed E-state index contributed by atoms with van der Waals surface area (Å²) in [5, 5.41) is 9.85. The first-order valence-electron chi connectivity index (χ1n) is 11.4. The first-order valence-corrected chi connectivity index (χ1v) is 13.0. The molecule has 1 aliphatic heterocycles. The fourth-order valence-electron chi connectivity index (χ4n) is 4.04. The Morgan fingerprint density at radius 3 is 2.53 bits per heavy atom. The van der Waals surface area contributed by atoms with Crippen LogP contribution in [0.2, 0.25) is 0 Å². The summed E-state index contributed by atoms with van der Waals surface area (Å²) in [4.78, 5) is 0. The van der Waals surface area contributed by atoms with E-state index >= 15 is 4.39 Å². The van der Waals surface area contributed by atoms with Gasteiger partial charge < -0.3 is 14.8 Å². The third kappa shape index (κ3) is 5.10. The van der Waals surface area contributed by atoms with E-state index in [-0.39, 0.29) is 31.0 Å². The van der Waals surface area contributed by atoms with Gasteiger partial charge in [0.15, 0.2) is 9.84 Å². The van der Waals surface area contributed by atoms with Gasteiger partial charge in [-0.25, -0.2) is 17.2 Å². The number of hydrogen-bond donors (Lipinski definition) is 2. The van der Waals surface area contributed by atoms with Crippen LogP contribution in [0, 0.1) is 23.0 Å². The Bertz CT molecular complexity index is 1150. The molecule has 0 radical (unpaired) electrons. The fraction of sp³-hybridized carbons (Fsp3) is 0.480. The molecule has 1 saturated heterocycles. The van der Waals surface area contributed by atoms with Crippen molar-refractivity contribution in [1.82, 2.24) is 5.32 Å². The number of ether oxygens (including phenoxy) is 2. The van der Waals surface area contributed by atoms with Gasteiger partial charge in [0.25, 0.3) is 0 Å². The molecular formula is C25H30F2N2O4S. The Hall–Kier alpha value is -2.52. The molecule has 1 saturated carbocycles. The van der Waals surface area contributed by atoms with Crippen LogP contribution >= 0.6 is 0 Å². The van der Waals surface area contributed by atoms with Crippen molar-refractivity contribution in [3.05, 3.63) is 65.2 Å². The zero-order valence-electron chi connectivity index (χ0n) is 19.3. The second-order valence-electron chi connectivity index (χ2n) is 9.43. The number of sulfone groups is 1. The van der Waals surface area contributed by atoms with E-state index in [2.05, 4.69) is 5.32 Å². The zero-order valence-corrected chi connectivity index (χ0v) is 20.1. The molecule has 6 nitrogen and oxygen atoms in total. The molecule has 0 bridgehead atoms. The van der Waals surface area contributed by atoms with Gasteiger partial charge in [0.1, 0.15) is 28.0 Å². The molecule has 34 heavy (non-hydrogen) atoms. The van der Waals surface area contributed by atoms with Crippen molar-refractivity contribution in [3.8, 4) is 5.75 Å². The maximum absolute atomic E-state index is 15.2. The Labute approximate surface area is 199 Å². The summed E-state index contributed by atoms with van der Waals surface area (Å²) in [6, 6.07) is 9.81. The molecular weight excluding hydrogens is 462 g/mol. The van der Waals surface area contributed by atoms with Crippen molar-refractivity contribution in [1.29, 1.82) is 5.41 Å². The second-order valence-corrected chi connectivity index (χ2v) is 12.1. The van der Waals surface area contributed by atoms with Gasteiger partial charge in [-0.05, 0) is 74.9 Å². The fourth-order valence-corrected chi connectivity index (χ4v) is 6.05. The van der Waals surface area contributed by atoms with Gasteiger partial charge in [-0.1, -0.05) is 12.1 Å². The Balaban J connectivity index is 1.78. The third-order valence-corrected chi connectivity index (χ3v) is 9.40. The van der Waals surface area contributed by atoms with Crippen LogP contribution in [0.3, 0.4) is 0 Å². The second kappa shape index (κ2) is 9.62. The largest absolute Gasteiger partial charge is 0.493 e. The topological polar surface area (TPSA) is 88.5 Å². The molecule has 2 atom stereocenters. The Kier molecular flexibility index (Phi) is 6.96. The smallest absolute Gasteiger partial charge is 0.169 e. The van der Waals surface area contributed by atoms with Crippen molar-refractivity contribution >= 4 is 15.7 Å². The highest BCUT2D eigenvalue weighted by Crippen LogP contribution is 2.42. The molecule has 2 aromatic carbocycles. The number of nitrogens with one attached hydrogen (secondary N) is 2. The van der Waals surface area contributed by atoms with E-state index in [1.54, 1.807) is 12.1 Å². The van der Waals surface area contributed by atoms with Crippen molar-refractivity contribution in [2.45, 2.75) is 49.2 Å². The Morgan fingerprint density at radius 1 is 1.15 bits per heavy atom. The summed E-state index contributed by atoms with van der Waals surface area (Å²) in [5.41, 5.74) is 0.571. The zero-order chi connectivity index (χ0) is 24.5. The minimum Gasteiger partial charge on any atom is -0.493 e. The number of amidine groups is 1. The lowest BCUT2D eigenvalue weighted by Gasteiger charge is -2.34. The van der Waals surface area contributed by atoms with E-state index in [4.69, 9.17) is 14.9 Å². The van der Waals surface area contributed by atoms with Gasteiger partial charge in [0, 0.05) is 12.1 Å². The molecule has 4 rings (SSSR count). The van der Waals surface area contributed by atoms with Crippen LogP contribution < -0.4 is 10.1 Å². The summed E-state index contributed by atoms with van der Waals surface area (Å²) in [6.07, 6.45) is 1.37. The van der Waals surface area contributed by atoms with E-state index in [0.717, 1.165) is 12.8 Å². The number of hydrogen-bond acceptors (Lipinski definition) is 5. The van der Waals surface area contributed by atoms with Gasteiger partial charge in [-0.3, -0.25) is 5.41 Å². The molecule has 0 amide bonds. The molecule has 2 aromatic rings. The molecule has 2 aliphatic rings. The number of rotatable bonds is 5. The SMILES string of the molecule is CC1(C)C(=N)NCCO[C@@H](c2ccc(F)cc2)C[C@H](c2cc(OCC3CC3)ccc2F)S1(=O)=O. The first kappa shape index (κ1) is 24.6. The first-order chi connectivity index (χ1) is 16.1. The lowest BCUT2D eigenvalue weighted by atomic mass is 10.00. The minimum atomic E-state index is -4.15. The van der Waals surface area contributed by atoms with E-state index in [9.17, 15) is 12.8 Å². The number of halogens is 2. The van der Waals surface area contributed by atoms with Crippen molar-refractivity contribution < 1.29 is 26.7 Å². The normalized spacial score (nSPS) is 24.8. The summed E-state index contributed by atoms with van der Waals surface area (Å²) in [6.45, 7) is 3.83. The molecule has 1 aliphatic carbocycles. The predicted octanol–water partition coefficient (Wildman–Crippen LogP) is 4.72. The maximum atomic E-state index is 15.2. The quantitative estimate of drug-likeness (QED) is 0.631. The van der Waals surface area contributed by atoms with Crippen LogP contribution in [0.25, 0.3) is 0 Å². The predicted molar refractivity (Wildman–Crippen MR) is 126 cm³/mol. The van der Waals surface area contributed by atoms with E-state index in [1.165, 1.54) is 44.2 Å². The van der Waals surface area contributed by atoms with Gasteiger partial charge in [0.05, 0.1) is 24.6 Å². The third-order valence-electron chi connectivity index (χ3n) is 6.58. The van der Waals surface area contributed by atoms with Crippen molar-refractivity contribution in [2.24, 2.45) is 5.92 Å². The molecule has 9 heteroatoms. The van der Waals surface area contributed by atoms with Gasteiger partial charge >= 0.3 is 0 Å². The van der Waals surface area contributed by atoms with Gasteiger partial charge in [-0.2, -0.15) is 0 Å². The van der Waals surface area contributed by atoms with E-state index in [1.807, 2.05) is 0 Å². The summed E-state index contributed by atoms with van der Waals surface area (Å²) >= 11 is 0. The summed E-state index contributed by atoms with van der Waals surface area (Å²) in [5.74, 6) is -0.385. The van der Waals surface area contributed by atoms with Crippen LogP contribution in [-0.2, 0) is 14.6 Å². The van der Waals surface area contributed by atoms with Crippen LogP contribution in [0.1, 0.15) is 55.6 Å². The molecule has 0 spiro atoms. The average Bonchev–Trinajstić information content (AvgIpc) is 3.62. The molecule has 1 heterocycles. The lowest BCUT2D eigenvalue weighted by molar-refractivity contribution is 0.0487. The highest BCUT2D eigenvalue weighted by atomic mass is 32.2. The van der Waals surface area contributed by atoms with Gasteiger partial charge in [0.2, 0.25) is 0 Å². The minimum absolute atomic E-state index is 0.0227. The van der Waals surface area contributed by atoms with Crippen LogP contribution in [0.15, 0.2) is 42.5 Å². The molecule has 0 aromatic heterocycles. The van der Waals surface area contributed by atoms with Crippen LogP contribution in [0.4, 0.5) is 8.78 Å². The summed E-state index contributed by atoms with van der Waals surface area (Å²) in [7, 11) is -4.15. The van der Waals surface area contributed by atoms with Crippen LogP contribution in [-0.4, -0.2) is 38.8 Å². The average molecular weight is 493 g/mol. The number of benzene rings is 2. The van der Waals surface area contributed by atoms with Crippen molar-refractivity contribution in [2.75, 3.05) is 19.8 Å². The maximum Gasteiger partial charge on any atom is 0.169 e. The van der Waals surface area contributed by atoms with E-state index in [0.29, 0.717) is 23.8 Å². The highest BCUT2D eigenvalue weighted by Gasteiger charge is 2.47. The lowest BCUT2D eigenvalue weighted by Crippen LogP contribution is -2.50. The van der Waals surface area contributed by atoms with Gasteiger partial charge in [-0.15, -0.1) is 0 Å². The molecule has 2 N–H and O–H groups in total. The Morgan fingerprint density at radius 2 is 1.85 bits per heavy atom. The standard InChI is InChI=1S/C25H30F2N2O4S/c1-25(2)24(28)29-11-12-32-22(17-5-7-18(26)8-6-17)14-23(34(25,30)31)20-13-19(9-10-21(20)27)33-15-16-3-4-16/h5-10,13,16,22-23H,3-4,11-12,14-15H2,1-2H3,(H2,28,29)/t22-,23-/m1/s1. The summed E-state index contributed by atoms with van der Waals surface area (Å²) < 4.78 is 66.8. The van der Waals surface area contributed by atoms with Crippen molar-refractivity contribution in [3.63, 3.8) is 0 Å². The molecule has 184 valence electrons. The van der Waals surface area contributed by atoms with Crippen LogP contribution in [0.5, 0.6) is 5.75 Å². The molecule has 2 fully saturated rings. The van der Waals surface area contributed by atoms with E-state index < -0.39 is 37.6 Å². The molecule has 0 unspecified atom stereocenters. The highest BCUT2D eigenvalue weighted by molar-refractivity contribution is 7.93.